The fourth-order valence-electron chi connectivity index (χ4n) is 3.91. The van der Waals surface area contributed by atoms with Gasteiger partial charge in [-0.1, -0.05) is 53.8 Å². The molecule has 2 aromatic carbocycles. The number of ether oxygens (including phenoxy) is 1. The molecule has 1 fully saturated rings. The van der Waals surface area contributed by atoms with Crippen molar-refractivity contribution in [2.45, 2.75) is 19.6 Å². The van der Waals surface area contributed by atoms with E-state index in [0.717, 1.165) is 5.56 Å². The Hall–Kier alpha value is -4.37. The lowest BCUT2D eigenvalue weighted by Gasteiger charge is -2.23. The van der Waals surface area contributed by atoms with Gasteiger partial charge >= 0.3 is 5.91 Å². The Kier molecular flexibility index (Phi) is 6.07. The van der Waals surface area contributed by atoms with E-state index in [1.807, 2.05) is 30.3 Å². The predicted octanol–water partition coefficient (Wildman–Crippen LogP) is 4.45. The molecule has 4 aromatic rings. The Morgan fingerprint density at radius 3 is 2.51 bits per heavy atom. The molecule has 5 rings (SSSR count). The average molecular weight is 485 g/mol. The highest BCUT2D eigenvalue weighted by Crippen LogP contribution is 2.43. The van der Waals surface area contributed by atoms with Crippen LogP contribution in [0, 0.1) is 6.92 Å². The molecule has 0 spiro atoms. The first-order chi connectivity index (χ1) is 17.0. The highest BCUT2D eigenvalue weighted by atomic mass is 32.1. The number of hydrogen-bond acceptors (Lipinski definition) is 8. The molecular formula is C26H20N4O4S. The lowest BCUT2D eigenvalue weighted by molar-refractivity contribution is -0.132. The third kappa shape index (κ3) is 4.41. The number of anilines is 1. The van der Waals surface area contributed by atoms with Crippen molar-refractivity contribution in [3.05, 3.63) is 106 Å². The molecule has 0 saturated carbocycles. The van der Waals surface area contributed by atoms with Crippen LogP contribution in [-0.4, -0.2) is 32.0 Å². The first-order valence-corrected chi connectivity index (χ1v) is 11.6. The number of ketones is 1. The minimum Gasteiger partial charge on any atom is -0.507 e. The Bertz CT molecular complexity index is 1420. The second-order valence-electron chi connectivity index (χ2n) is 7.86. The summed E-state index contributed by atoms with van der Waals surface area (Å²) >= 11 is 1.20. The van der Waals surface area contributed by atoms with E-state index in [1.54, 1.807) is 43.3 Å². The van der Waals surface area contributed by atoms with Crippen LogP contribution < -0.4 is 9.64 Å². The summed E-state index contributed by atoms with van der Waals surface area (Å²) in [6.07, 6.45) is 3.01. The molecule has 174 valence electrons. The molecule has 1 aliphatic heterocycles. The molecule has 1 saturated heterocycles. The number of hydrogen-bond donors (Lipinski definition) is 1. The Labute approximate surface area is 205 Å². The van der Waals surface area contributed by atoms with Crippen molar-refractivity contribution in [1.82, 2.24) is 15.2 Å². The smallest absolute Gasteiger partial charge is 0.301 e. The van der Waals surface area contributed by atoms with E-state index < -0.39 is 17.7 Å². The number of nitrogens with zero attached hydrogens (tertiary/aromatic N) is 4. The molecule has 2 aromatic heterocycles. The van der Waals surface area contributed by atoms with Gasteiger partial charge in [0.15, 0.2) is 0 Å². The molecule has 1 amide bonds. The molecule has 1 atom stereocenters. The number of rotatable bonds is 6. The van der Waals surface area contributed by atoms with E-state index in [9.17, 15) is 14.7 Å². The Morgan fingerprint density at radius 1 is 1.03 bits per heavy atom. The first-order valence-electron chi connectivity index (χ1n) is 10.8. The summed E-state index contributed by atoms with van der Waals surface area (Å²) in [5.74, 6) is -1.30. The van der Waals surface area contributed by atoms with Crippen LogP contribution in [0.4, 0.5) is 5.13 Å². The SMILES string of the molecule is Cc1nnc(N2C(=O)C(=O)C(=C(O)c3ccncc3)C2c2cccc(OCc3ccccc3)c2)s1. The summed E-state index contributed by atoms with van der Waals surface area (Å²) in [5.41, 5.74) is 1.95. The van der Waals surface area contributed by atoms with Crippen molar-refractivity contribution in [1.29, 1.82) is 0 Å². The molecule has 1 unspecified atom stereocenters. The van der Waals surface area contributed by atoms with Gasteiger partial charge in [-0.3, -0.25) is 19.5 Å². The van der Waals surface area contributed by atoms with Gasteiger partial charge in [0, 0.05) is 18.0 Å². The number of aryl methyl sites for hydroxylation is 1. The van der Waals surface area contributed by atoms with Gasteiger partial charge in [0.05, 0.1) is 11.6 Å². The molecular weight excluding hydrogens is 464 g/mol. The maximum absolute atomic E-state index is 13.2. The zero-order chi connectivity index (χ0) is 24.4. The minimum absolute atomic E-state index is 0.0331. The number of Topliss-reactive ketones (excluding diaryl/α,β-unsaturated/α-hetero) is 1. The van der Waals surface area contributed by atoms with Crippen molar-refractivity contribution in [2.75, 3.05) is 4.90 Å². The third-order valence-corrected chi connectivity index (χ3v) is 6.38. The van der Waals surface area contributed by atoms with Gasteiger partial charge in [0.1, 0.15) is 23.1 Å². The molecule has 1 aliphatic rings. The van der Waals surface area contributed by atoms with Crippen LogP contribution in [0.2, 0.25) is 0 Å². The fraction of sp³-hybridized carbons (Fsp3) is 0.115. The van der Waals surface area contributed by atoms with E-state index in [-0.39, 0.29) is 16.5 Å². The number of aromatic nitrogens is 3. The summed E-state index contributed by atoms with van der Waals surface area (Å²) < 4.78 is 5.97. The van der Waals surface area contributed by atoms with Crippen LogP contribution >= 0.6 is 11.3 Å². The quantitative estimate of drug-likeness (QED) is 0.245. The highest BCUT2D eigenvalue weighted by molar-refractivity contribution is 7.15. The van der Waals surface area contributed by atoms with Crippen molar-refractivity contribution < 1.29 is 19.4 Å². The van der Waals surface area contributed by atoms with Gasteiger partial charge in [-0.2, -0.15) is 0 Å². The maximum Gasteiger partial charge on any atom is 0.301 e. The lowest BCUT2D eigenvalue weighted by atomic mass is 9.95. The predicted molar refractivity (Wildman–Crippen MR) is 131 cm³/mol. The van der Waals surface area contributed by atoms with Gasteiger partial charge < -0.3 is 9.84 Å². The van der Waals surface area contributed by atoms with Crippen LogP contribution in [0.25, 0.3) is 5.76 Å². The highest BCUT2D eigenvalue weighted by Gasteiger charge is 2.48. The topological polar surface area (TPSA) is 106 Å². The van der Waals surface area contributed by atoms with Crippen LogP contribution in [-0.2, 0) is 16.2 Å². The van der Waals surface area contributed by atoms with E-state index in [0.29, 0.717) is 28.5 Å². The molecule has 8 nitrogen and oxygen atoms in total. The van der Waals surface area contributed by atoms with E-state index in [1.165, 1.54) is 28.6 Å². The van der Waals surface area contributed by atoms with Gasteiger partial charge in [-0.05, 0) is 42.3 Å². The second-order valence-corrected chi connectivity index (χ2v) is 9.02. The summed E-state index contributed by atoms with van der Waals surface area (Å²) in [5, 5.41) is 20.2. The van der Waals surface area contributed by atoms with Crippen LogP contribution in [0.15, 0.2) is 84.7 Å². The van der Waals surface area contributed by atoms with Crippen molar-refractivity contribution in [3.8, 4) is 5.75 Å². The summed E-state index contributed by atoms with van der Waals surface area (Å²) in [6, 6.07) is 19.1. The maximum atomic E-state index is 13.2. The van der Waals surface area contributed by atoms with Gasteiger partial charge in [-0.15, -0.1) is 10.2 Å². The summed E-state index contributed by atoms with van der Waals surface area (Å²) in [7, 11) is 0. The van der Waals surface area contributed by atoms with Crippen molar-refractivity contribution >= 4 is 33.9 Å². The standard InChI is InChI=1S/C26H20N4O4S/c1-16-28-29-26(35-16)30-22(21(24(32)25(30)33)23(31)18-10-12-27-13-11-18)19-8-5-9-20(14-19)34-15-17-6-3-2-4-7-17/h2-14,22,31H,15H2,1H3. The molecule has 0 aliphatic carbocycles. The summed E-state index contributed by atoms with van der Waals surface area (Å²) in [4.78, 5) is 31.6. The lowest BCUT2D eigenvalue weighted by Crippen LogP contribution is -2.29. The third-order valence-electron chi connectivity index (χ3n) is 5.54. The zero-order valence-electron chi connectivity index (χ0n) is 18.7. The van der Waals surface area contributed by atoms with Gasteiger partial charge in [-0.25, -0.2) is 0 Å². The van der Waals surface area contributed by atoms with Crippen molar-refractivity contribution in [3.63, 3.8) is 0 Å². The average Bonchev–Trinajstić information content (AvgIpc) is 3.44. The van der Waals surface area contributed by atoms with Gasteiger partial charge in [0.2, 0.25) is 5.13 Å². The summed E-state index contributed by atoms with van der Waals surface area (Å²) in [6.45, 7) is 2.12. The van der Waals surface area contributed by atoms with Gasteiger partial charge in [0.25, 0.3) is 5.78 Å². The number of pyridine rings is 1. The monoisotopic (exact) mass is 484 g/mol. The number of carbonyl (C=O) groups is 2. The Morgan fingerprint density at radius 2 is 1.80 bits per heavy atom. The molecule has 9 heteroatoms. The van der Waals surface area contributed by atoms with E-state index in [4.69, 9.17) is 4.74 Å². The number of aliphatic hydroxyl groups is 1. The fourth-order valence-corrected chi connectivity index (χ4v) is 4.62. The zero-order valence-corrected chi connectivity index (χ0v) is 19.5. The molecule has 3 heterocycles. The number of amides is 1. The van der Waals surface area contributed by atoms with Crippen LogP contribution in [0.5, 0.6) is 5.75 Å². The number of benzene rings is 2. The van der Waals surface area contributed by atoms with Crippen LogP contribution in [0.3, 0.4) is 0 Å². The minimum atomic E-state index is -0.907. The molecule has 35 heavy (non-hydrogen) atoms. The van der Waals surface area contributed by atoms with E-state index >= 15 is 0 Å². The number of aliphatic hydroxyl groups excluding tert-OH is 1. The largest absolute Gasteiger partial charge is 0.507 e. The molecule has 0 bridgehead atoms. The van der Waals surface area contributed by atoms with Crippen molar-refractivity contribution in [2.24, 2.45) is 0 Å². The normalized spacial score (nSPS) is 17.1. The van der Waals surface area contributed by atoms with Crippen LogP contribution in [0.1, 0.15) is 27.7 Å². The number of carbonyl (C=O) groups excluding carboxylic acids is 2. The second kappa shape index (κ2) is 9.47. The first kappa shape index (κ1) is 22.4. The molecule has 0 radical (unpaired) electrons. The van der Waals surface area contributed by atoms with E-state index in [2.05, 4.69) is 15.2 Å². The Balaban J connectivity index is 1.59. The molecule has 1 N–H and O–H groups in total.